The maximum atomic E-state index is 6.12. The molecule has 14 heavy (non-hydrogen) atoms. The van der Waals surface area contributed by atoms with Gasteiger partial charge in [0.25, 0.3) is 0 Å². The Morgan fingerprint density at radius 3 is 2.93 bits per heavy atom. The molecule has 1 heteroatoms. The summed E-state index contributed by atoms with van der Waals surface area (Å²) in [6, 6.07) is 8.66. The third-order valence-electron chi connectivity index (χ3n) is 2.70. The van der Waals surface area contributed by atoms with E-state index in [1.807, 2.05) is 0 Å². The van der Waals surface area contributed by atoms with Gasteiger partial charge in [0.1, 0.15) is 0 Å². The van der Waals surface area contributed by atoms with E-state index in [1.165, 1.54) is 29.5 Å². The van der Waals surface area contributed by atoms with E-state index in [-0.39, 0.29) is 5.38 Å². The highest BCUT2D eigenvalue weighted by molar-refractivity contribution is 6.22. The van der Waals surface area contributed by atoms with Gasteiger partial charge < -0.3 is 0 Å². The zero-order valence-corrected chi connectivity index (χ0v) is 9.22. The van der Waals surface area contributed by atoms with Crippen LogP contribution in [0, 0.1) is 6.92 Å². The second-order valence-corrected chi connectivity index (χ2v) is 4.53. The summed E-state index contributed by atoms with van der Waals surface area (Å²) < 4.78 is 0. The SMILES string of the molecule is Cc1cccc(C2=CC(Cl)CCC2)c1. The molecule has 0 fully saturated rings. The molecule has 1 aliphatic carbocycles. The maximum absolute atomic E-state index is 6.12. The normalized spacial score (nSPS) is 21.9. The average molecular weight is 207 g/mol. The van der Waals surface area contributed by atoms with Gasteiger partial charge in [-0.2, -0.15) is 0 Å². The standard InChI is InChI=1S/C13H15Cl/c1-10-4-2-5-11(8-10)12-6-3-7-13(14)9-12/h2,4-5,8-9,13H,3,6-7H2,1H3. The monoisotopic (exact) mass is 206 g/mol. The summed E-state index contributed by atoms with van der Waals surface area (Å²) in [6.07, 6.45) is 5.72. The van der Waals surface area contributed by atoms with Crippen molar-refractivity contribution in [3.05, 3.63) is 41.5 Å². The first-order chi connectivity index (χ1) is 6.75. The zero-order valence-electron chi connectivity index (χ0n) is 8.46. The first-order valence-corrected chi connectivity index (χ1v) is 5.61. The molecule has 0 spiro atoms. The van der Waals surface area contributed by atoms with Crippen molar-refractivity contribution in [1.29, 1.82) is 0 Å². The van der Waals surface area contributed by atoms with Gasteiger partial charge in [0.15, 0.2) is 0 Å². The quantitative estimate of drug-likeness (QED) is 0.605. The van der Waals surface area contributed by atoms with Crippen LogP contribution in [-0.2, 0) is 0 Å². The molecule has 2 rings (SSSR count). The fraction of sp³-hybridized carbons (Fsp3) is 0.385. The van der Waals surface area contributed by atoms with Gasteiger partial charge in [-0.1, -0.05) is 35.9 Å². The van der Waals surface area contributed by atoms with Crippen LogP contribution in [0.1, 0.15) is 30.4 Å². The Labute approximate surface area is 90.6 Å². The molecule has 0 saturated heterocycles. The molecule has 1 aromatic carbocycles. The number of aryl methyl sites for hydroxylation is 1. The highest BCUT2D eigenvalue weighted by Crippen LogP contribution is 2.29. The van der Waals surface area contributed by atoms with Crippen molar-refractivity contribution in [2.75, 3.05) is 0 Å². The van der Waals surface area contributed by atoms with E-state index in [0.29, 0.717) is 0 Å². The van der Waals surface area contributed by atoms with Gasteiger partial charge >= 0.3 is 0 Å². The average Bonchev–Trinajstić information content (AvgIpc) is 2.18. The van der Waals surface area contributed by atoms with Crippen molar-refractivity contribution < 1.29 is 0 Å². The van der Waals surface area contributed by atoms with E-state index in [0.717, 1.165) is 6.42 Å². The molecule has 0 N–H and O–H groups in total. The Balaban J connectivity index is 2.30. The van der Waals surface area contributed by atoms with Crippen LogP contribution >= 0.6 is 11.6 Å². The lowest BCUT2D eigenvalue weighted by molar-refractivity contribution is 0.747. The number of allylic oxidation sites excluding steroid dienone is 2. The van der Waals surface area contributed by atoms with Crippen LogP contribution in [0.3, 0.4) is 0 Å². The largest absolute Gasteiger partial charge is 0.118 e. The Kier molecular flexibility index (Phi) is 2.93. The molecule has 0 heterocycles. The molecule has 1 aromatic rings. The summed E-state index contributed by atoms with van der Waals surface area (Å²) in [6.45, 7) is 2.13. The van der Waals surface area contributed by atoms with Crippen LogP contribution in [0.2, 0.25) is 0 Å². The molecule has 1 aliphatic rings. The van der Waals surface area contributed by atoms with Crippen LogP contribution in [-0.4, -0.2) is 5.38 Å². The van der Waals surface area contributed by atoms with Crippen molar-refractivity contribution in [2.45, 2.75) is 31.6 Å². The number of benzene rings is 1. The third-order valence-corrected chi connectivity index (χ3v) is 3.04. The molecule has 0 amide bonds. The first-order valence-electron chi connectivity index (χ1n) is 5.17. The van der Waals surface area contributed by atoms with Crippen molar-refractivity contribution in [3.8, 4) is 0 Å². The first kappa shape index (κ1) is 9.79. The summed E-state index contributed by atoms with van der Waals surface area (Å²) in [4.78, 5) is 0. The highest BCUT2D eigenvalue weighted by Gasteiger charge is 2.11. The molecular formula is C13H15Cl. The minimum absolute atomic E-state index is 0.235. The van der Waals surface area contributed by atoms with Crippen molar-refractivity contribution in [3.63, 3.8) is 0 Å². The van der Waals surface area contributed by atoms with Crippen molar-refractivity contribution >= 4 is 17.2 Å². The minimum atomic E-state index is 0.235. The lowest BCUT2D eigenvalue weighted by Gasteiger charge is -2.16. The van der Waals surface area contributed by atoms with Gasteiger partial charge in [-0.05, 0) is 37.3 Å². The molecule has 0 radical (unpaired) electrons. The van der Waals surface area contributed by atoms with Crippen molar-refractivity contribution in [2.24, 2.45) is 0 Å². The second kappa shape index (κ2) is 4.18. The smallest absolute Gasteiger partial charge is 0.0522 e. The lowest BCUT2D eigenvalue weighted by Crippen LogP contribution is -2.02. The number of hydrogen-bond donors (Lipinski definition) is 0. The second-order valence-electron chi connectivity index (χ2n) is 3.97. The molecule has 74 valence electrons. The molecule has 0 nitrogen and oxygen atoms in total. The van der Waals surface area contributed by atoms with Gasteiger partial charge in [-0.25, -0.2) is 0 Å². The molecule has 0 aromatic heterocycles. The lowest BCUT2D eigenvalue weighted by atomic mass is 9.93. The van der Waals surface area contributed by atoms with Crippen LogP contribution < -0.4 is 0 Å². The fourth-order valence-electron chi connectivity index (χ4n) is 1.96. The number of hydrogen-bond acceptors (Lipinski definition) is 0. The molecule has 1 atom stereocenters. The summed E-state index contributed by atoms with van der Waals surface area (Å²) in [5.41, 5.74) is 4.08. The zero-order chi connectivity index (χ0) is 9.97. The van der Waals surface area contributed by atoms with E-state index in [4.69, 9.17) is 11.6 Å². The summed E-state index contributed by atoms with van der Waals surface area (Å²) in [7, 11) is 0. The van der Waals surface area contributed by atoms with Gasteiger partial charge in [0.2, 0.25) is 0 Å². The summed E-state index contributed by atoms with van der Waals surface area (Å²) >= 11 is 6.12. The summed E-state index contributed by atoms with van der Waals surface area (Å²) in [5, 5.41) is 0.235. The van der Waals surface area contributed by atoms with Crippen LogP contribution in [0.25, 0.3) is 5.57 Å². The van der Waals surface area contributed by atoms with Gasteiger partial charge in [-0.15, -0.1) is 11.6 Å². The van der Waals surface area contributed by atoms with Crippen molar-refractivity contribution in [1.82, 2.24) is 0 Å². The highest BCUT2D eigenvalue weighted by atomic mass is 35.5. The molecule has 0 bridgehead atoms. The third kappa shape index (κ3) is 2.19. The van der Waals surface area contributed by atoms with E-state index in [9.17, 15) is 0 Å². The van der Waals surface area contributed by atoms with E-state index < -0.39 is 0 Å². The molecular weight excluding hydrogens is 192 g/mol. The topological polar surface area (TPSA) is 0 Å². The number of rotatable bonds is 1. The van der Waals surface area contributed by atoms with E-state index >= 15 is 0 Å². The Bertz CT molecular complexity index is 352. The number of alkyl halides is 1. The molecule has 0 saturated carbocycles. The fourth-order valence-corrected chi connectivity index (χ4v) is 2.26. The Morgan fingerprint density at radius 2 is 2.21 bits per heavy atom. The molecule has 0 aliphatic heterocycles. The van der Waals surface area contributed by atoms with E-state index in [1.54, 1.807) is 0 Å². The van der Waals surface area contributed by atoms with Gasteiger partial charge in [0.05, 0.1) is 5.38 Å². The van der Waals surface area contributed by atoms with E-state index in [2.05, 4.69) is 37.3 Å². The van der Waals surface area contributed by atoms with Crippen LogP contribution in [0.15, 0.2) is 30.3 Å². The predicted molar refractivity (Wildman–Crippen MR) is 62.6 cm³/mol. The van der Waals surface area contributed by atoms with Crippen LogP contribution in [0.4, 0.5) is 0 Å². The molecule has 1 unspecified atom stereocenters. The minimum Gasteiger partial charge on any atom is -0.118 e. The van der Waals surface area contributed by atoms with Gasteiger partial charge in [0, 0.05) is 0 Å². The summed E-state index contributed by atoms with van der Waals surface area (Å²) in [5.74, 6) is 0. The van der Waals surface area contributed by atoms with Gasteiger partial charge in [-0.3, -0.25) is 0 Å². The number of halogens is 1. The maximum Gasteiger partial charge on any atom is 0.0522 e. The van der Waals surface area contributed by atoms with Crippen LogP contribution in [0.5, 0.6) is 0 Å². The Hall–Kier alpha value is -0.750. The predicted octanol–water partition coefficient (Wildman–Crippen LogP) is 4.17. The Morgan fingerprint density at radius 1 is 1.36 bits per heavy atom.